The van der Waals surface area contributed by atoms with Crippen LogP contribution in [0.3, 0.4) is 0 Å². The molecule has 116 valence electrons. The topological polar surface area (TPSA) is 38.8 Å². The molecule has 1 aliphatic heterocycles. The average Bonchev–Trinajstić information content (AvgIpc) is 2.46. The molecule has 1 atom stereocenters. The van der Waals surface area contributed by atoms with Crippen LogP contribution < -0.4 is 0 Å². The number of hydrogen-bond acceptors (Lipinski definition) is 3. The van der Waals surface area contributed by atoms with Gasteiger partial charge in [-0.2, -0.15) is 0 Å². The molecule has 20 heavy (non-hydrogen) atoms. The molecule has 0 radical (unpaired) electrons. The minimum atomic E-state index is -0.644. The lowest BCUT2D eigenvalue weighted by Crippen LogP contribution is -2.49. The molecule has 1 aliphatic rings. The SMILES string of the molecule is CC(C)(C)/C=C/[C@H]1COC(C)(C)N1C(=O)OC(C)(C)C. The van der Waals surface area contributed by atoms with Gasteiger partial charge in [-0.15, -0.1) is 0 Å². The van der Waals surface area contributed by atoms with Crippen molar-refractivity contribution in [2.75, 3.05) is 6.61 Å². The molecule has 0 aromatic heterocycles. The highest BCUT2D eigenvalue weighted by molar-refractivity contribution is 5.70. The Labute approximate surface area is 123 Å². The van der Waals surface area contributed by atoms with Gasteiger partial charge >= 0.3 is 6.09 Å². The Balaban J connectivity index is 2.91. The third-order valence-electron chi connectivity index (χ3n) is 2.93. The first-order chi connectivity index (χ1) is 8.82. The molecule has 0 aliphatic carbocycles. The Morgan fingerprint density at radius 2 is 1.80 bits per heavy atom. The highest BCUT2D eigenvalue weighted by atomic mass is 16.6. The number of carbonyl (C=O) groups excluding carboxylic acids is 1. The van der Waals surface area contributed by atoms with Crippen molar-refractivity contribution in [3.63, 3.8) is 0 Å². The van der Waals surface area contributed by atoms with Crippen LogP contribution >= 0.6 is 0 Å². The lowest BCUT2D eigenvalue weighted by molar-refractivity contribution is -0.0610. The summed E-state index contributed by atoms with van der Waals surface area (Å²) in [6.07, 6.45) is 3.82. The molecule has 0 bridgehead atoms. The van der Waals surface area contributed by atoms with Gasteiger partial charge in [0, 0.05) is 0 Å². The fourth-order valence-corrected chi connectivity index (χ4v) is 2.04. The molecule has 1 heterocycles. The lowest BCUT2D eigenvalue weighted by Gasteiger charge is -2.34. The summed E-state index contributed by atoms with van der Waals surface area (Å²) in [5.74, 6) is 0. The molecular weight excluding hydrogens is 254 g/mol. The largest absolute Gasteiger partial charge is 0.444 e. The number of rotatable bonds is 1. The maximum Gasteiger partial charge on any atom is 0.413 e. The van der Waals surface area contributed by atoms with E-state index >= 15 is 0 Å². The summed E-state index contributed by atoms with van der Waals surface area (Å²) in [7, 11) is 0. The fourth-order valence-electron chi connectivity index (χ4n) is 2.04. The predicted molar refractivity (Wildman–Crippen MR) is 80.5 cm³/mol. The normalized spacial score (nSPS) is 23.4. The molecule has 1 rings (SSSR count). The molecule has 0 N–H and O–H groups in total. The highest BCUT2D eigenvalue weighted by Crippen LogP contribution is 2.30. The fraction of sp³-hybridized carbons (Fsp3) is 0.812. The third-order valence-corrected chi connectivity index (χ3v) is 2.93. The van der Waals surface area contributed by atoms with E-state index in [0.29, 0.717) is 6.61 Å². The van der Waals surface area contributed by atoms with Gasteiger partial charge in [-0.1, -0.05) is 32.9 Å². The first kappa shape index (κ1) is 17.0. The molecule has 1 saturated heterocycles. The van der Waals surface area contributed by atoms with Crippen molar-refractivity contribution in [3.05, 3.63) is 12.2 Å². The van der Waals surface area contributed by atoms with Gasteiger partial charge in [0.1, 0.15) is 11.3 Å². The Kier molecular flexibility index (Phi) is 4.59. The van der Waals surface area contributed by atoms with E-state index in [4.69, 9.17) is 9.47 Å². The van der Waals surface area contributed by atoms with Crippen LogP contribution in [-0.4, -0.2) is 35.0 Å². The molecule has 0 aromatic rings. The quantitative estimate of drug-likeness (QED) is 0.684. The van der Waals surface area contributed by atoms with Crippen LogP contribution in [0.4, 0.5) is 4.79 Å². The van der Waals surface area contributed by atoms with Crippen LogP contribution in [0.1, 0.15) is 55.4 Å². The van der Waals surface area contributed by atoms with E-state index in [1.807, 2.05) is 40.7 Å². The van der Waals surface area contributed by atoms with Gasteiger partial charge < -0.3 is 9.47 Å². The highest BCUT2D eigenvalue weighted by Gasteiger charge is 2.44. The molecule has 1 fully saturated rings. The molecule has 0 spiro atoms. The maximum absolute atomic E-state index is 12.4. The van der Waals surface area contributed by atoms with Gasteiger partial charge in [-0.05, 0) is 40.0 Å². The first-order valence-electron chi connectivity index (χ1n) is 7.17. The molecule has 0 aromatic carbocycles. The van der Waals surface area contributed by atoms with E-state index in [0.717, 1.165) is 0 Å². The van der Waals surface area contributed by atoms with Crippen LogP contribution in [0.5, 0.6) is 0 Å². The van der Waals surface area contributed by atoms with Crippen molar-refractivity contribution in [1.29, 1.82) is 0 Å². The number of nitrogens with zero attached hydrogens (tertiary/aromatic N) is 1. The van der Waals surface area contributed by atoms with Gasteiger partial charge in [0.25, 0.3) is 0 Å². The van der Waals surface area contributed by atoms with Crippen molar-refractivity contribution < 1.29 is 14.3 Å². The Hall–Kier alpha value is -1.03. The zero-order chi connectivity index (χ0) is 15.8. The second-order valence-corrected chi connectivity index (χ2v) is 7.90. The van der Waals surface area contributed by atoms with Crippen LogP contribution in [0.15, 0.2) is 12.2 Å². The van der Waals surface area contributed by atoms with Crippen molar-refractivity contribution in [1.82, 2.24) is 4.90 Å². The smallest absolute Gasteiger partial charge is 0.413 e. The first-order valence-corrected chi connectivity index (χ1v) is 7.17. The summed E-state index contributed by atoms with van der Waals surface area (Å²) in [5, 5.41) is 0. The van der Waals surface area contributed by atoms with E-state index < -0.39 is 11.3 Å². The Morgan fingerprint density at radius 1 is 1.25 bits per heavy atom. The van der Waals surface area contributed by atoms with E-state index in [-0.39, 0.29) is 17.6 Å². The van der Waals surface area contributed by atoms with E-state index in [2.05, 4.69) is 26.8 Å². The second kappa shape index (κ2) is 5.40. The Morgan fingerprint density at radius 3 is 2.25 bits per heavy atom. The standard InChI is InChI=1S/C16H29NO3/c1-14(2,3)10-9-12-11-19-16(7,8)17(12)13(18)20-15(4,5)6/h9-10,12H,11H2,1-8H3/b10-9+/t12-/m0/s1. The summed E-state index contributed by atoms with van der Waals surface area (Å²) in [6, 6.07) is -0.0842. The number of amides is 1. The van der Waals surface area contributed by atoms with Crippen LogP contribution in [-0.2, 0) is 9.47 Å². The molecule has 4 heteroatoms. The van der Waals surface area contributed by atoms with Gasteiger partial charge in [0.2, 0.25) is 0 Å². The zero-order valence-electron chi connectivity index (χ0n) is 14.1. The number of hydrogen-bond donors (Lipinski definition) is 0. The summed E-state index contributed by atoms with van der Waals surface area (Å²) in [4.78, 5) is 14.1. The van der Waals surface area contributed by atoms with Gasteiger partial charge in [-0.25, -0.2) is 4.79 Å². The number of carbonyl (C=O) groups is 1. The van der Waals surface area contributed by atoms with Gasteiger partial charge in [-0.3, -0.25) is 4.90 Å². The lowest BCUT2D eigenvalue weighted by atomic mass is 9.95. The van der Waals surface area contributed by atoms with E-state index in [9.17, 15) is 4.79 Å². The van der Waals surface area contributed by atoms with E-state index in [1.54, 1.807) is 4.90 Å². The van der Waals surface area contributed by atoms with Gasteiger partial charge in [0.05, 0.1) is 12.6 Å². The number of allylic oxidation sites excluding steroid dienone is 1. The molecular formula is C16H29NO3. The monoisotopic (exact) mass is 283 g/mol. The van der Waals surface area contributed by atoms with Crippen molar-refractivity contribution in [2.45, 2.75) is 72.8 Å². The summed E-state index contributed by atoms with van der Waals surface area (Å²) in [5.41, 5.74) is -1.07. The maximum atomic E-state index is 12.4. The molecule has 4 nitrogen and oxygen atoms in total. The minimum Gasteiger partial charge on any atom is -0.444 e. The van der Waals surface area contributed by atoms with Gasteiger partial charge in [0.15, 0.2) is 0 Å². The molecule has 0 saturated carbocycles. The second-order valence-electron chi connectivity index (χ2n) is 7.90. The van der Waals surface area contributed by atoms with Crippen molar-refractivity contribution in [2.24, 2.45) is 5.41 Å². The summed E-state index contributed by atoms with van der Waals surface area (Å²) >= 11 is 0. The zero-order valence-corrected chi connectivity index (χ0v) is 14.1. The molecule has 0 unspecified atom stereocenters. The summed E-state index contributed by atoms with van der Waals surface area (Å²) < 4.78 is 11.2. The van der Waals surface area contributed by atoms with E-state index in [1.165, 1.54) is 0 Å². The third kappa shape index (κ3) is 4.82. The number of ether oxygens (including phenoxy) is 2. The molecule has 1 amide bonds. The van der Waals surface area contributed by atoms with Crippen LogP contribution in [0.25, 0.3) is 0 Å². The van der Waals surface area contributed by atoms with Crippen molar-refractivity contribution in [3.8, 4) is 0 Å². The van der Waals surface area contributed by atoms with Crippen LogP contribution in [0.2, 0.25) is 0 Å². The summed E-state index contributed by atoms with van der Waals surface area (Å²) in [6.45, 7) is 16.3. The average molecular weight is 283 g/mol. The van der Waals surface area contributed by atoms with Crippen LogP contribution in [0, 0.1) is 5.41 Å². The minimum absolute atomic E-state index is 0.0757. The Bertz CT molecular complexity index is 386. The predicted octanol–water partition coefficient (Wildman–Crippen LogP) is 3.96. The van der Waals surface area contributed by atoms with Crippen molar-refractivity contribution >= 4 is 6.09 Å².